The van der Waals surface area contributed by atoms with Gasteiger partial charge in [-0.2, -0.15) is 5.10 Å². The Hall–Kier alpha value is -2.24. The SMILES string of the molecule is Cc1ccc(Sc2c(C)nn(C(C)(C)C)c2OC(=O)C2(c3ccc(Cl)cc3)CCCC2)cc1. The number of hydrogen-bond donors (Lipinski definition) is 0. The average Bonchev–Trinajstić information content (AvgIpc) is 3.37. The molecule has 6 heteroatoms. The van der Waals surface area contributed by atoms with E-state index in [0.717, 1.165) is 46.7 Å². The van der Waals surface area contributed by atoms with Crippen molar-refractivity contribution in [2.24, 2.45) is 0 Å². The molecule has 0 amide bonds. The highest BCUT2D eigenvalue weighted by Crippen LogP contribution is 2.45. The van der Waals surface area contributed by atoms with Gasteiger partial charge in [0.15, 0.2) is 0 Å². The number of esters is 1. The van der Waals surface area contributed by atoms with Crippen molar-refractivity contribution in [2.45, 2.75) is 81.0 Å². The first kappa shape index (κ1) is 23.9. The number of carbonyl (C=O) groups excluding carboxylic acids is 1. The number of ether oxygens (including phenoxy) is 1. The zero-order valence-electron chi connectivity index (χ0n) is 19.9. The molecule has 1 fully saturated rings. The van der Waals surface area contributed by atoms with E-state index in [9.17, 15) is 4.79 Å². The minimum atomic E-state index is -0.655. The normalized spacial score (nSPS) is 15.6. The highest BCUT2D eigenvalue weighted by molar-refractivity contribution is 7.99. The van der Waals surface area contributed by atoms with E-state index in [-0.39, 0.29) is 11.5 Å². The molecule has 1 aliphatic rings. The Labute approximate surface area is 205 Å². The number of carbonyl (C=O) groups is 1. The van der Waals surface area contributed by atoms with Crippen molar-refractivity contribution < 1.29 is 9.53 Å². The molecular formula is C27H31ClN2O2S. The molecule has 0 spiro atoms. The molecule has 4 nitrogen and oxygen atoms in total. The molecular weight excluding hydrogens is 452 g/mol. The van der Waals surface area contributed by atoms with Gasteiger partial charge in [-0.3, -0.25) is 4.79 Å². The Kier molecular flexibility index (Phi) is 6.66. The molecule has 0 bridgehead atoms. The third kappa shape index (κ3) is 4.85. The quantitative estimate of drug-likeness (QED) is 0.353. The predicted molar refractivity (Wildman–Crippen MR) is 134 cm³/mol. The second kappa shape index (κ2) is 9.19. The van der Waals surface area contributed by atoms with E-state index in [1.165, 1.54) is 5.56 Å². The Morgan fingerprint density at radius 1 is 1.03 bits per heavy atom. The fourth-order valence-corrected chi connectivity index (χ4v) is 5.46. The van der Waals surface area contributed by atoms with E-state index in [1.54, 1.807) is 11.8 Å². The van der Waals surface area contributed by atoms with Crippen LogP contribution >= 0.6 is 23.4 Å². The summed E-state index contributed by atoms with van der Waals surface area (Å²) in [4.78, 5) is 15.8. The van der Waals surface area contributed by atoms with Crippen LogP contribution in [0.25, 0.3) is 0 Å². The minimum Gasteiger partial charge on any atom is -0.406 e. The first-order valence-corrected chi connectivity index (χ1v) is 12.6. The lowest BCUT2D eigenvalue weighted by Crippen LogP contribution is -2.38. The van der Waals surface area contributed by atoms with Gasteiger partial charge in [0, 0.05) is 9.92 Å². The molecule has 0 radical (unpaired) electrons. The van der Waals surface area contributed by atoms with Gasteiger partial charge in [0.2, 0.25) is 5.88 Å². The molecule has 1 saturated carbocycles. The molecule has 1 heterocycles. The summed E-state index contributed by atoms with van der Waals surface area (Å²) >= 11 is 7.71. The molecule has 0 aliphatic heterocycles. The van der Waals surface area contributed by atoms with Crippen molar-refractivity contribution in [1.29, 1.82) is 0 Å². The maximum absolute atomic E-state index is 13.9. The summed E-state index contributed by atoms with van der Waals surface area (Å²) in [7, 11) is 0. The van der Waals surface area contributed by atoms with E-state index in [0.29, 0.717) is 10.9 Å². The zero-order chi connectivity index (χ0) is 23.8. The monoisotopic (exact) mass is 482 g/mol. The van der Waals surface area contributed by atoms with Crippen LogP contribution in [0.1, 0.15) is 63.3 Å². The highest BCUT2D eigenvalue weighted by Gasteiger charge is 2.45. The summed E-state index contributed by atoms with van der Waals surface area (Å²) in [6.45, 7) is 10.3. The van der Waals surface area contributed by atoms with Crippen LogP contribution in [0.5, 0.6) is 5.88 Å². The maximum Gasteiger partial charge on any atom is 0.323 e. The third-order valence-electron chi connectivity index (χ3n) is 6.28. The first-order valence-electron chi connectivity index (χ1n) is 11.4. The van der Waals surface area contributed by atoms with Crippen molar-refractivity contribution in [3.05, 3.63) is 70.4 Å². The van der Waals surface area contributed by atoms with Crippen LogP contribution in [-0.4, -0.2) is 15.7 Å². The molecule has 33 heavy (non-hydrogen) atoms. The molecule has 4 rings (SSSR count). The van der Waals surface area contributed by atoms with Gasteiger partial charge in [-0.15, -0.1) is 0 Å². The average molecular weight is 483 g/mol. The minimum absolute atomic E-state index is 0.210. The molecule has 0 atom stereocenters. The van der Waals surface area contributed by atoms with Gasteiger partial charge in [0.05, 0.1) is 21.5 Å². The van der Waals surface area contributed by atoms with E-state index in [2.05, 4.69) is 52.0 Å². The van der Waals surface area contributed by atoms with Crippen molar-refractivity contribution in [3.8, 4) is 5.88 Å². The molecule has 3 aromatic rings. The topological polar surface area (TPSA) is 44.1 Å². The van der Waals surface area contributed by atoms with Crippen LogP contribution < -0.4 is 4.74 Å². The van der Waals surface area contributed by atoms with Crippen LogP contribution in [0.15, 0.2) is 58.3 Å². The van der Waals surface area contributed by atoms with E-state index < -0.39 is 5.41 Å². The summed E-state index contributed by atoms with van der Waals surface area (Å²) in [5.41, 5.74) is 2.04. The number of nitrogens with zero attached hydrogens (tertiary/aromatic N) is 2. The van der Waals surface area contributed by atoms with Gasteiger partial charge in [-0.05, 0) is 77.3 Å². The highest BCUT2D eigenvalue weighted by atomic mass is 35.5. The van der Waals surface area contributed by atoms with Gasteiger partial charge < -0.3 is 4.74 Å². The smallest absolute Gasteiger partial charge is 0.323 e. The van der Waals surface area contributed by atoms with Crippen LogP contribution in [0, 0.1) is 13.8 Å². The van der Waals surface area contributed by atoms with Gasteiger partial charge in [-0.25, -0.2) is 4.68 Å². The van der Waals surface area contributed by atoms with E-state index in [4.69, 9.17) is 21.4 Å². The fourth-order valence-electron chi connectivity index (χ4n) is 4.42. The van der Waals surface area contributed by atoms with Crippen LogP contribution in [0.2, 0.25) is 5.02 Å². The van der Waals surface area contributed by atoms with Gasteiger partial charge in [-0.1, -0.05) is 66.0 Å². The molecule has 1 aromatic heterocycles. The Balaban J connectivity index is 1.74. The van der Waals surface area contributed by atoms with Gasteiger partial charge in [0.25, 0.3) is 0 Å². The molecule has 1 aliphatic carbocycles. The fraction of sp³-hybridized carbons (Fsp3) is 0.407. The zero-order valence-corrected chi connectivity index (χ0v) is 21.5. The van der Waals surface area contributed by atoms with Crippen molar-refractivity contribution in [1.82, 2.24) is 9.78 Å². The first-order chi connectivity index (χ1) is 15.6. The standard InChI is InChI=1S/C27H31ClN2O2S/c1-18-8-14-22(15-9-18)33-23-19(2)29-30(26(3,4)5)24(23)32-25(31)27(16-6-7-17-27)20-10-12-21(28)13-11-20/h8-15H,6-7,16-17H2,1-5H3. The maximum atomic E-state index is 13.9. The Morgan fingerprint density at radius 3 is 2.21 bits per heavy atom. The Bertz CT molecular complexity index is 1140. The summed E-state index contributed by atoms with van der Waals surface area (Å²) < 4.78 is 8.15. The molecule has 0 unspecified atom stereocenters. The number of halogens is 1. The third-order valence-corrected chi connectivity index (χ3v) is 7.71. The van der Waals surface area contributed by atoms with E-state index in [1.807, 2.05) is 35.9 Å². The second-order valence-corrected chi connectivity index (χ2v) is 11.4. The number of benzene rings is 2. The summed E-state index contributed by atoms with van der Waals surface area (Å²) in [5.74, 6) is 0.314. The Morgan fingerprint density at radius 2 is 1.64 bits per heavy atom. The summed E-state index contributed by atoms with van der Waals surface area (Å²) in [6, 6.07) is 16.0. The lowest BCUT2D eigenvalue weighted by molar-refractivity contribution is -0.141. The number of aromatic nitrogens is 2. The van der Waals surface area contributed by atoms with Gasteiger partial charge >= 0.3 is 5.97 Å². The summed E-state index contributed by atoms with van der Waals surface area (Å²) in [6.07, 6.45) is 3.55. The lowest BCUT2D eigenvalue weighted by Gasteiger charge is -2.29. The van der Waals surface area contributed by atoms with Crippen molar-refractivity contribution >= 4 is 29.3 Å². The number of hydrogen-bond acceptors (Lipinski definition) is 4. The molecule has 0 saturated heterocycles. The largest absolute Gasteiger partial charge is 0.406 e. The number of rotatable bonds is 5. The molecule has 0 N–H and O–H groups in total. The second-order valence-electron chi connectivity index (χ2n) is 9.90. The molecule has 174 valence electrons. The van der Waals surface area contributed by atoms with Crippen LogP contribution in [-0.2, 0) is 15.7 Å². The van der Waals surface area contributed by atoms with Crippen LogP contribution in [0.4, 0.5) is 0 Å². The summed E-state index contributed by atoms with van der Waals surface area (Å²) in [5, 5.41) is 5.45. The van der Waals surface area contributed by atoms with Crippen LogP contribution in [0.3, 0.4) is 0 Å². The van der Waals surface area contributed by atoms with Crippen molar-refractivity contribution in [2.75, 3.05) is 0 Å². The molecule has 2 aromatic carbocycles. The number of aryl methyl sites for hydroxylation is 2. The van der Waals surface area contributed by atoms with Crippen molar-refractivity contribution in [3.63, 3.8) is 0 Å². The van der Waals surface area contributed by atoms with E-state index >= 15 is 0 Å². The predicted octanol–water partition coefficient (Wildman–Crippen LogP) is 7.48. The lowest BCUT2D eigenvalue weighted by atomic mass is 9.79. The van der Waals surface area contributed by atoms with Gasteiger partial charge in [0.1, 0.15) is 0 Å².